The molecule has 2 amide bonds. The van der Waals surface area contributed by atoms with Gasteiger partial charge >= 0.3 is 0 Å². The van der Waals surface area contributed by atoms with E-state index in [0.29, 0.717) is 39.1 Å². The maximum Gasteiger partial charge on any atom is 0.263 e. The highest BCUT2D eigenvalue weighted by molar-refractivity contribution is 7.14. The fourth-order valence-electron chi connectivity index (χ4n) is 3.76. The van der Waals surface area contributed by atoms with Crippen LogP contribution < -0.4 is 0 Å². The van der Waals surface area contributed by atoms with E-state index in [9.17, 15) is 9.59 Å². The third kappa shape index (κ3) is 4.18. The summed E-state index contributed by atoms with van der Waals surface area (Å²) in [6.07, 6.45) is 2.23. The summed E-state index contributed by atoms with van der Waals surface area (Å²) in [7, 11) is 5.84. The molecule has 27 heavy (non-hydrogen) atoms. The molecule has 2 aliphatic rings. The molecule has 3 rings (SSSR count). The molecule has 0 aliphatic carbocycles. The second kappa shape index (κ2) is 8.26. The first kappa shape index (κ1) is 20.3. The second-order valence-electron chi connectivity index (χ2n) is 7.63. The van der Waals surface area contributed by atoms with Gasteiger partial charge in [0.2, 0.25) is 5.91 Å². The highest BCUT2D eigenvalue weighted by atomic mass is 32.1. The lowest BCUT2D eigenvalue weighted by Crippen LogP contribution is -2.48. The molecule has 8 heteroatoms. The molecular formula is C19H29N3O4S. The van der Waals surface area contributed by atoms with Gasteiger partial charge in [0.05, 0.1) is 11.5 Å². The number of amides is 2. The molecule has 0 radical (unpaired) electrons. The molecule has 0 saturated carbocycles. The van der Waals surface area contributed by atoms with E-state index in [1.54, 1.807) is 21.1 Å². The molecule has 1 aromatic rings. The SMILES string of the molecule is CN(C)CCN(C)C(=O)c1cc2c(s1)C1(CCN(C(=O)CO)CC1)OCC2. The monoisotopic (exact) mass is 395 g/mol. The third-order valence-corrected chi connectivity index (χ3v) is 6.82. The Bertz CT molecular complexity index is 695. The van der Waals surface area contributed by atoms with E-state index in [4.69, 9.17) is 9.84 Å². The Morgan fingerprint density at radius 3 is 2.59 bits per heavy atom. The first-order valence-electron chi connectivity index (χ1n) is 9.42. The van der Waals surface area contributed by atoms with Crippen molar-refractivity contribution in [3.63, 3.8) is 0 Å². The molecule has 1 spiro atoms. The van der Waals surface area contributed by atoms with Crippen LogP contribution in [0.4, 0.5) is 0 Å². The third-order valence-electron chi connectivity index (χ3n) is 5.47. The summed E-state index contributed by atoms with van der Waals surface area (Å²) in [6, 6.07) is 2.03. The van der Waals surface area contributed by atoms with Gasteiger partial charge in [0.25, 0.3) is 5.91 Å². The van der Waals surface area contributed by atoms with Crippen molar-refractivity contribution in [2.45, 2.75) is 24.9 Å². The van der Waals surface area contributed by atoms with Crippen molar-refractivity contribution in [2.75, 3.05) is 60.5 Å². The number of hydrogen-bond acceptors (Lipinski definition) is 6. The zero-order valence-electron chi connectivity index (χ0n) is 16.4. The summed E-state index contributed by atoms with van der Waals surface area (Å²) in [6.45, 7) is 2.85. The van der Waals surface area contributed by atoms with Gasteiger partial charge in [-0.2, -0.15) is 0 Å². The number of thiophene rings is 1. The van der Waals surface area contributed by atoms with Crippen molar-refractivity contribution in [2.24, 2.45) is 0 Å². The minimum Gasteiger partial charge on any atom is -0.387 e. The van der Waals surface area contributed by atoms with E-state index in [-0.39, 0.29) is 11.8 Å². The van der Waals surface area contributed by atoms with E-state index < -0.39 is 12.2 Å². The number of rotatable bonds is 5. The number of fused-ring (bicyclic) bond motifs is 2. The molecule has 0 unspecified atom stereocenters. The van der Waals surface area contributed by atoms with Crippen molar-refractivity contribution in [3.05, 3.63) is 21.4 Å². The molecular weight excluding hydrogens is 366 g/mol. The number of ether oxygens (including phenoxy) is 1. The average molecular weight is 396 g/mol. The van der Waals surface area contributed by atoms with Gasteiger partial charge in [-0.3, -0.25) is 9.59 Å². The minimum atomic E-state index is -0.448. The van der Waals surface area contributed by atoms with Crippen molar-refractivity contribution in [3.8, 4) is 0 Å². The first-order chi connectivity index (χ1) is 12.9. The van der Waals surface area contributed by atoms with E-state index >= 15 is 0 Å². The molecule has 150 valence electrons. The first-order valence-corrected chi connectivity index (χ1v) is 10.2. The Kier molecular flexibility index (Phi) is 6.20. The number of carbonyl (C=O) groups is 2. The zero-order valence-corrected chi connectivity index (χ0v) is 17.2. The van der Waals surface area contributed by atoms with Crippen molar-refractivity contribution < 1.29 is 19.4 Å². The molecule has 0 atom stereocenters. The summed E-state index contributed by atoms with van der Waals surface area (Å²) >= 11 is 1.54. The molecule has 3 heterocycles. The van der Waals surface area contributed by atoms with E-state index in [2.05, 4.69) is 4.90 Å². The van der Waals surface area contributed by atoms with E-state index in [1.165, 1.54) is 5.56 Å². The maximum absolute atomic E-state index is 12.8. The lowest BCUT2D eigenvalue weighted by molar-refractivity contribution is -0.143. The van der Waals surface area contributed by atoms with Crippen LogP contribution in [0, 0.1) is 0 Å². The largest absolute Gasteiger partial charge is 0.387 e. The van der Waals surface area contributed by atoms with E-state index in [0.717, 1.165) is 22.7 Å². The number of nitrogens with zero attached hydrogens (tertiary/aromatic N) is 3. The average Bonchev–Trinajstić information content (AvgIpc) is 3.11. The van der Waals surface area contributed by atoms with Crippen LogP contribution in [0.25, 0.3) is 0 Å². The highest BCUT2D eigenvalue weighted by Gasteiger charge is 2.43. The van der Waals surface area contributed by atoms with Gasteiger partial charge in [-0.15, -0.1) is 11.3 Å². The Hall–Kier alpha value is -1.48. The number of aliphatic hydroxyl groups excluding tert-OH is 1. The lowest BCUT2D eigenvalue weighted by atomic mass is 9.85. The molecule has 0 bridgehead atoms. The van der Waals surface area contributed by atoms with Gasteiger partial charge < -0.3 is 24.5 Å². The summed E-state index contributed by atoms with van der Waals surface area (Å²) in [4.78, 5) is 32.0. The molecule has 0 aromatic carbocycles. The molecule has 2 aliphatic heterocycles. The zero-order chi connectivity index (χ0) is 19.6. The van der Waals surface area contributed by atoms with E-state index in [1.807, 2.05) is 27.2 Å². The second-order valence-corrected chi connectivity index (χ2v) is 8.68. The molecule has 7 nitrogen and oxygen atoms in total. The molecule has 1 fully saturated rings. The van der Waals surface area contributed by atoms with Crippen LogP contribution in [0.15, 0.2) is 6.07 Å². The Morgan fingerprint density at radius 2 is 1.96 bits per heavy atom. The fraction of sp³-hybridized carbons (Fsp3) is 0.684. The van der Waals surface area contributed by atoms with Crippen LogP contribution in [0.3, 0.4) is 0 Å². The summed E-state index contributed by atoms with van der Waals surface area (Å²) in [5.74, 6) is -0.176. The molecule has 1 N–H and O–H groups in total. The van der Waals surface area contributed by atoms with Crippen molar-refractivity contribution >= 4 is 23.2 Å². The van der Waals surface area contributed by atoms with Crippen molar-refractivity contribution in [1.29, 1.82) is 0 Å². The summed E-state index contributed by atoms with van der Waals surface area (Å²) < 4.78 is 6.21. The smallest absolute Gasteiger partial charge is 0.263 e. The molecule has 1 aromatic heterocycles. The Morgan fingerprint density at radius 1 is 1.26 bits per heavy atom. The van der Waals surface area contributed by atoms with Gasteiger partial charge in [-0.1, -0.05) is 0 Å². The summed E-state index contributed by atoms with van der Waals surface area (Å²) in [5, 5.41) is 9.08. The predicted octanol–water partition coefficient (Wildman–Crippen LogP) is 0.764. The van der Waals surface area contributed by atoms with Gasteiger partial charge in [0.15, 0.2) is 0 Å². The quantitative estimate of drug-likeness (QED) is 0.797. The fourth-order valence-corrected chi connectivity index (χ4v) is 5.16. The number of piperidine rings is 1. The number of aliphatic hydroxyl groups is 1. The van der Waals surface area contributed by atoms with Gasteiger partial charge in [-0.05, 0) is 45.0 Å². The van der Waals surface area contributed by atoms with Crippen LogP contribution >= 0.6 is 11.3 Å². The predicted molar refractivity (Wildman–Crippen MR) is 104 cm³/mol. The number of hydrogen-bond donors (Lipinski definition) is 1. The highest BCUT2D eigenvalue weighted by Crippen LogP contribution is 2.45. The Labute approximate surface area is 164 Å². The van der Waals surface area contributed by atoms with Gasteiger partial charge in [0.1, 0.15) is 12.2 Å². The van der Waals surface area contributed by atoms with Gasteiger partial charge in [0, 0.05) is 38.1 Å². The maximum atomic E-state index is 12.8. The van der Waals surface area contributed by atoms with Crippen LogP contribution in [-0.2, 0) is 21.6 Å². The number of carbonyl (C=O) groups excluding carboxylic acids is 2. The molecule has 1 saturated heterocycles. The normalized spacial score (nSPS) is 18.6. The standard InChI is InChI=1S/C19H29N3O4S/c1-20(2)9-10-21(3)18(25)15-12-14-4-11-26-19(17(14)27-15)5-7-22(8-6-19)16(24)13-23/h12,23H,4-11,13H2,1-3H3. The van der Waals surface area contributed by atoms with Crippen molar-refractivity contribution in [1.82, 2.24) is 14.7 Å². The summed E-state index contributed by atoms with van der Waals surface area (Å²) in [5.41, 5.74) is 0.808. The van der Waals surface area contributed by atoms with Crippen LogP contribution in [0.1, 0.15) is 33.0 Å². The number of likely N-dealkylation sites (tertiary alicyclic amines) is 1. The lowest BCUT2D eigenvalue weighted by Gasteiger charge is -2.43. The van der Waals surface area contributed by atoms with Crippen LogP contribution in [-0.4, -0.2) is 92.2 Å². The van der Waals surface area contributed by atoms with Crippen LogP contribution in [0.5, 0.6) is 0 Å². The Balaban J connectivity index is 1.75. The minimum absolute atomic E-state index is 0.0549. The van der Waals surface area contributed by atoms with Gasteiger partial charge in [-0.25, -0.2) is 0 Å². The topological polar surface area (TPSA) is 73.3 Å². The number of likely N-dealkylation sites (N-methyl/N-ethyl adjacent to an activating group) is 2. The van der Waals surface area contributed by atoms with Crippen LogP contribution in [0.2, 0.25) is 0 Å².